The number of aliphatic hydroxyl groups excluding tert-OH is 1. The van der Waals surface area contributed by atoms with Crippen molar-refractivity contribution in [2.75, 3.05) is 4.90 Å². The number of hydrogen-bond acceptors (Lipinski definition) is 3. The lowest BCUT2D eigenvalue weighted by Crippen LogP contribution is -2.42. The summed E-state index contributed by atoms with van der Waals surface area (Å²) in [5.74, 6) is -1.63. The molecule has 2 radical (unpaired) electrons. The van der Waals surface area contributed by atoms with Crippen LogP contribution in [0.15, 0.2) is 95.7 Å². The Labute approximate surface area is 183 Å². The molecule has 4 rings (SSSR count). The van der Waals surface area contributed by atoms with Gasteiger partial charge in [-0.15, -0.1) is 5.47 Å². The van der Waals surface area contributed by atoms with E-state index in [1.54, 1.807) is 17.1 Å². The minimum absolute atomic E-state index is 0.115. The number of aliphatic hydroxyl groups is 1. The number of carbonyl (C=O) groups is 2. The molecule has 2 aromatic carbocycles. The molecule has 0 spiro atoms. The quantitative estimate of drug-likeness (QED) is 0.589. The molecule has 1 amide bonds. The summed E-state index contributed by atoms with van der Waals surface area (Å²) >= 11 is 0. The van der Waals surface area contributed by atoms with Crippen LogP contribution in [0.4, 0.5) is 5.69 Å². The predicted octanol–water partition coefficient (Wildman–Crippen LogP) is 4.43. The summed E-state index contributed by atoms with van der Waals surface area (Å²) in [5, 5.41) is 10.8. The van der Waals surface area contributed by atoms with Gasteiger partial charge in [0.2, 0.25) is 0 Å². The molecule has 0 fully saturated rings. The zero-order valence-electron chi connectivity index (χ0n) is 17.2. The smallest absolute Gasteiger partial charge is 0.294 e. The maximum absolute atomic E-state index is 13.2. The van der Waals surface area contributed by atoms with E-state index in [4.69, 9.17) is 7.85 Å². The van der Waals surface area contributed by atoms with Crippen LogP contribution in [0.5, 0.6) is 0 Å². The second kappa shape index (κ2) is 8.64. The molecule has 152 valence electrons. The Balaban J connectivity index is 1.75. The molecule has 0 saturated heterocycles. The normalized spacial score (nSPS) is 21.1. The standard InChI is InChI=1S/C26H22BNO3/c1-17-7-5-6-10-21(17)28-24(19-12-14-20(27)15-13-19)23(25(30)26(28)31)22(29)16-11-18-8-3-2-4-9-18/h2-12,14-16,19,24,30H,13H2,1H3/b16-11+. The van der Waals surface area contributed by atoms with E-state index in [1.165, 1.54) is 6.08 Å². The molecule has 31 heavy (non-hydrogen) atoms. The molecule has 1 aliphatic heterocycles. The van der Waals surface area contributed by atoms with Gasteiger partial charge in [-0.2, -0.15) is 0 Å². The molecular weight excluding hydrogens is 385 g/mol. The number of hydrogen-bond donors (Lipinski definition) is 1. The minimum atomic E-state index is -0.623. The van der Waals surface area contributed by atoms with Crippen LogP contribution in [0, 0.1) is 12.8 Å². The number of amides is 1. The molecule has 5 heteroatoms. The summed E-state index contributed by atoms with van der Waals surface area (Å²) in [6.07, 6.45) is 9.24. The Hall–Kier alpha value is -3.60. The van der Waals surface area contributed by atoms with E-state index >= 15 is 0 Å². The molecule has 2 aromatic rings. The fourth-order valence-electron chi connectivity index (χ4n) is 4.10. The average Bonchev–Trinajstić information content (AvgIpc) is 3.04. The predicted molar refractivity (Wildman–Crippen MR) is 124 cm³/mol. The Morgan fingerprint density at radius 3 is 2.52 bits per heavy atom. The number of para-hydroxylation sites is 1. The van der Waals surface area contributed by atoms with E-state index < -0.39 is 17.7 Å². The van der Waals surface area contributed by atoms with E-state index in [0.717, 1.165) is 11.1 Å². The van der Waals surface area contributed by atoms with Gasteiger partial charge in [-0.3, -0.25) is 14.5 Å². The zero-order chi connectivity index (χ0) is 22.0. The van der Waals surface area contributed by atoms with Gasteiger partial charge >= 0.3 is 0 Å². The third kappa shape index (κ3) is 4.04. The van der Waals surface area contributed by atoms with Crippen LogP contribution in [-0.2, 0) is 9.59 Å². The van der Waals surface area contributed by atoms with Crippen LogP contribution in [0.25, 0.3) is 6.08 Å². The number of aryl methyl sites for hydroxylation is 1. The van der Waals surface area contributed by atoms with Crippen molar-refractivity contribution in [1.29, 1.82) is 0 Å². The van der Waals surface area contributed by atoms with Gasteiger partial charge < -0.3 is 5.11 Å². The molecule has 0 saturated carbocycles. The van der Waals surface area contributed by atoms with E-state index in [2.05, 4.69) is 0 Å². The highest BCUT2D eigenvalue weighted by Crippen LogP contribution is 2.39. The van der Waals surface area contributed by atoms with E-state index in [0.29, 0.717) is 17.6 Å². The van der Waals surface area contributed by atoms with Crippen molar-refractivity contribution in [2.24, 2.45) is 5.92 Å². The fourth-order valence-corrected chi connectivity index (χ4v) is 4.10. The molecular formula is C26H22BNO3. The Morgan fingerprint density at radius 1 is 1.13 bits per heavy atom. The highest BCUT2D eigenvalue weighted by Gasteiger charge is 2.46. The SMILES string of the molecule is [B]C1=CCC(C2C(C(=O)/C=C/c3ccccc3)=C(O)C(=O)N2c2ccccc2C)C=C1. The van der Waals surface area contributed by atoms with Crippen molar-refractivity contribution >= 4 is 31.3 Å². The van der Waals surface area contributed by atoms with Gasteiger partial charge in [0.25, 0.3) is 5.91 Å². The Bertz CT molecular complexity index is 1140. The first kappa shape index (κ1) is 20.7. The van der Waals surface area contributed by atoms with Crippen LogP contribution in [0.1, 0.15) is 17.5 Å². The number of nitrogens with zero attached hydrogens (tertiary/aromatic N) is 1. The van der Waals surface area contributed by atoms with Crippen LogP contribution in [0.3, 0.4) is 0 Å². The Morgan fingerprint density at radius 2 is 1.84 bits per heavy atom. The highest BCUT2D eigenvalue weighted by atomic mass is 16.3. The van der Waals surface area contributed by atoms with Crippen molar-refractivity contribution in [1.82, 2.24) is 0 Å². The number of anilines is 1. The van der Waals surface area contributed by atoms with Gasteiger partial charge in [-0.05, 0) is 36.6 Å². The van der Waals surface area contributed by atoms with Gasteiger partial charge in [-0.25, -0.2) is 0 Å². The van der Waals surface area contributed by atoms with Crippen LogP contribution < -0.4 is 4.90 Å². The van der Waals surface area contributed by atoms with E-state index in [-0.39, 0.29) is 17.3 Å². The Kier molecular flexibility index (Phi) is 5.76. The van der Waals surface area contributed by atoms with Crippen LogP contribution >= 0.6 is 0 Å². The van der Waals surface area contributed by atoms with Crippen molar-refractivity contribution in [3.05, 3.63) is 107 Å². The first-order valence-electron chi connectivity index (χ1n) is 10.2. The molecule has 1 aliphatic carbocycles. The fraction of sp³-hybridized carbons (Fsp3) is 0.154. The zero-order valence-corrected chi connectivity index (χ0v) is 17.2. The lowest BCUT2D eigenvalue weighted by molar-refractivity contribution is -0.117. The molecule has 2 atom stereocenters. The van der Waals surface area contributed by atoms with Gasteiger partial charge in [0.15, 0.2) is 11.5 Å². The molecule has 1 heterocycles. The number of carbonyl (C=O) groups excluding carboxylic acids is 2. The number of ketones is 1. The summed E-state index contributed by atoms with van der Waals surface area (Å²) in [6, 6.07) is 16.3. The van der Waals surface area contributed by atoms with Crippen molar-refractivity contribution < 1.29 is 14.7 Å². The summed E-state index contributed by atoms with van der Waals surface area (Å²) in [7, 11) is 5.88. The average molecular weight is 407 g/mol. The third-order valence-electron chi connectivity index (χ3n) is 5.68. The van der Waals surface area contributed by atoms with Crippen LogP contribution in [0.2, 0.25) is 0 Å². The maximum Gasteiger partial charge on any atom is 0.294 e. The molecule has 1 N–H and O–H groups in total. The van der Waals surface area contributed by atoms with Crippen molar-refractivity contribution in [2.45, 2.75) is 19.4 Å². The lowest BCUT2D eigenvalue weighted by Gasteiger charge is -2.33. The maximum atomic E-state index is 13.2. The number of allylic oxidation sites excluding steroid dienone is 4. The largest absolute Gasteiger partial charge is 0.503 e. The second-order valence-electron chi connectivity index (χ2n) is 7.74. The summed E-state index contributed by atoms with van der Waals surface area (Å²) in [6.45, 7) is 1.90. The van der Waals surface area contributed by atoms with Crippen molar-refractivity contribution in [3.8, 4) is 0 Å². The number of rotatable bonds is 5. The summed E-state index contributed by atoms with van der Waals surface area (Å²) in [4.78, 5) is 27.9. The van der Waals surface area contributed by atoms with E-state index in [9.17, 15) is 14.7 Å². The molecule has 2 aliphatic rings. The molecule has 4 nitrogen and oxygen atoms in total. The summed E-state index contributed by atoms with van der Waals surface area (Å²) in [5.41, 5.74) is 3.18. The lowest BCUT2D eigenvalue weighted by atomic mass is 9.80. The van der Waals surface area contributed by atoms with Crippen molar-refractivity contribution in [3.63, 3.8) is 0 Å². The van der Waals surface area contributed by atoms with Gasteiger partial charge in [-0.1, -0.05) is 72.8 Å². The number of benzene rings is 2. The second-order valence-corrected chi connectivity index (χ2v) is 7.74. The highest BCUT2D eigenvalue weighted by molar-refractivity contribution is 6.23. The third-order valence-corrected chi connectivity index (χ3v) is 5.68. The topological polar surface area (TPSA) is 57.6 Å². The first-order valence-corrected chi connectivity index (χ1v) is 10.2. The molecule has 0 aromatic heterocycles. The van der Waals surface area contributed by atoms with Gasteiger partial charge in [0.1, 0.15) is 7.85 Å². The first-order chi connectivity index (χ1) is 15.0. The van der Waals surface area contributed by atoms with Crippen LogP contribution in [-0.4, -0.2) is 30.7 Å². The van der Waals surface area contributed by atoms with E-state index in [1.807, 2.05) is 73.7 Å². The summed E-state index contributed by atoms with van der Waals surface area (Å²) < 4.78 is 0. The van der Waals surface area contributed by atoms with Gasteiger partial charge in [0.05, 0.1) is 11.6 Å². The minimum Gasteiger partial charge on any atom is -0.503 e. The molecule has 0 bridgehead atoms. The monoisotopic (exact) mass is 407 g/mol. The van der Waals surface area contributed by atoms with Gasteiger partial charge in [0, 0.05) is 11.6 Å². The molecule has 2 unspecified atom stereocenters.